The van der Waals surface area contributed by atoms with Gasteiger partial charge in [0.05, 0.1) is 12.2 Å². The van der Waals surface area contributed by atoms with Crippen LogP contribution in [0.2, 0.25) is 0 Å². The number of rotatable bonds is 8. The van der Waals surface area contributed by atoms with Crippen LogP contribution in [0.3, 0.4) is 0 Å². The van der Waals surface area contributed by atoms with Crippen LogP contribution >= 0.6 is 11.3 Å². The van der Waals surface area contributed by atoms with Gasteiger partial charge in [-0.05, 0) is 72.9 Å². The monoisotopic (exact) mass is 462 g/mol. The molecule has 32 heavy (non-hydrogen) atoms. The number of carboxylic acids is 1. The van der Waals surface area contributed by atoms with Gasteiger partial charge in [0.2, 0.25) is 0 Å². The number of hydrogen-bond donors (Lipinski definition) is 1. The van der Waals surface area contributed by atoms with Gasteiger partial charge in [-0.3, -0.25) is 4.79 Å². The number of alkyl halides is 3. The van der Waals surface area contributed by atoms with Crippen molar-refractivity contribution in [1.29, 1.82) is 0 Å². The standard InChI is InChI=1S/C25H25F3O3S/c1-15-12-21(10-6-18(15)7-11-23(29)30)31-14-17(3)24-16(2)13-22(32-24)19-4-8-20(9-5-19)25(26,27)28/h4-6,8-10,12-13,17H,7,11,14H2,1-3H3,(H,29,30). The fourth-order valence-corrected chi connectivity index (χ4v) is 4.74. The van der Waals surface area contributed by atoms with Gasteiger partial charge in [-0.25, -0.2) is 0 Å². The molecule has 1 heterocycles. The van der Waals surface area contributed by atoms with Gasteiger partial charge in [0.25, 0.3) is 0 Å². The second-order valence-electron chi connectivity index (χ2n) is 7.93. The van der Waals surface area contributed by atoms with E-state index in [1.165, 1.54) is 12.1 Å². The summed E-state index contributed by atoms with van der Waals surface area (Å²) in [7, 11) is 0. The Labute approximate surface area is 189 Å². The number of halogens is 3. The highest BCUT2D eigenvalue weighted by molar-refractivity contribution is 7.15. The SMILES string of the molecule is Cc1cc(OCC(C)c2sc(-c3ccc(C(F)(F)F)cc3)cc2C)ccc1CCC(=O)O. The van der Waals surface area contributed by atoms with Gasteiger partial charge < -0.3 is 9.84 Å². The Morgan fingerprint density at radius 2 is 1.75 bits per heavy atom. The van der Waals surface area contributed by atoms with Crippen molar-refractivity contribution in [2.75, 3.05) is 6.61 Å². The van der Waals surface area contributed by atoms with E-state index in [1.54, 1.807) is 11.3 Å². The zero-order valence-corrected chi connectivity index (χ0v) is 18.9. The van der Waals surface area contributed by atoms with Crippen LogP contribution in [0.1, 0.15) is 46.4 Å². The fraction of sp³-hybridized carbons (Fsp3) is 0.320. The van der Waals surface area contributed by atoms with Crippen LogP contribution < -0.4 is 4.74 Å². The maximum atomic E-state index is 12.8. The Kier molecular flexibility index (Phi) is 7.29. The molecule has 0 bridgehead atoms. The molecule has 1 aromatic heterocycles. The lowest BCUT2D eigenvalue weighted by molar-refractivity contribution is -0.138. The van der Waals surface area contributed by atoms with Gasteiger partial charge in [0.1, 0.15) is 5.75 Å². The van der Waals surface area contributed by atoms with Crippen molar-refractivity contribution in [1.82, 2.24) is 0 Å². The van der Waals surface area contributed by atoms with E-state index in [0.717, 1.165) is 49.9 Å². The third-order valence-electron chi connectivity index (χ3n) is 5.32. The number of ether oxygens (including phenoxy) is 1. The second-order valence-corrected chi connectivity index (χ2v) is 9.01. The van der Waals surface area contributed by atoms with Gasteiger partial charge in [-0.15, -0.1) is 11.3 Å². The molecule has 0 saturated carbocycles. The molecule has 170 valence electrons. The average molecular weight is 463 g/mol. The maximum Gasteiger partial charge on any atom is 0.416 e. The van der Waals surface area contributed by atoms with Gasteiger partial charge in [0, 0.05) is 22.1 Å². The van der Waals surface area contributed by atoms with Crippen LogP contribution in [0.4, 0.5) is 13.2 Å². The molecule has 0 saturated heterocycles. The molecule has 2 aromatic carbocycles. The number of carboxylic acid groups (broad SMARTS) is 1. The zero-order valence-electron chi connectivity index (χ0n) is 18.1. The first-order chi connectivity index (χ1) is 15.0. The molecule has 0 aliphatic carbocycles. The zero-order chi connectivity index (χ0) is 23.5. The molecule has 1 N–H and O–H groups in total. The number of hydrogen-bond acceptors (Lipinski definition) is 3. The summed E-state index contributed by atoms with van der Waals surface area (Å²) in [6.07, 6.45) is -3.76. The molecule has 0 aliphatic rings. The van der Waals surface area contributed by atoms with Crippen molar-refractivity contribution in [3.8, 4) is 16.2 Å². The van der Waals surface area contributed by atoms with Gasteiger partial charge in [-0.1, -0.05) is 25.1 Å². The van der Waals surface area contributed by atoms with Crippen LogP contribution in [-0.4, -0.2) is 17.7 Å². The summed E-state index contributed by atoms with van der Waals surface area (Å²) in [6, 6.07) is 12.9. The van der Waals surface area contributed by atoms with Crippen molar-refractivity contribution >= 4 is 17.3 Å². The smallest absolute Gasteiger partial charge is 0.416 e. The Hall–Kier alpha value is -2.80. The molecule has 3 aromatic rings. The predicted octanol–water partition coefficient (Wildman–Crippen LogP) is 7.25. The van der Waals surface area contributed by atoms with E-state index in [-0.39, 0.29) is 12.3 Å². The number of carbonyl (C=O) groups is 1. The summed E-state index contributed by atoms with van der Waals surface area (Å²) < 4.78 is 44.4. The lowest BCUT2D eigenvalue weighted by Crippen LogP contribution is -2.07. The maximum absolute atomic E-state index is 12.8. The van der Waals surface area contributed by atoms with E-state index in [2.05, 4.69) is 6.92 Å². The molecule has 3 rings (SSSR count). The van der Waals surface area contributed by atoms with Crippen LogP contribution in [0.25, 0.3) is 10.4 Å². The van der Waals surface area contributed by atoms with Gasteiger partial charge in [-0.2, -0.15) is 13.2 Å². The molecule has 7 heteroatoms. The van der Waals surface area contributed by atoms with E-state index < -0.39 is 17.7 Å². The van der Waals surface area contributed by atoms with Crippen LogP contribution in [0.15, 0.2) is 48.5 Å². The summed E-state index contributed by atoms with van der Waals surface area (Å²) in [4.78, 5) is 12.8. The summed E-state index contributed by atoms with van der Waals surface area (Å²) in [5, 5.41) is 8.85. The Balaban J connectivity index is 1.66. The second kappa shape index (κ2) is 9.77. The summed E-state index contributed by atoms with van der Waals surface area (Å²) >= 11 is 1.57. The summed E-state index contributed by atoms with van der Waals surface area (Å²) in [6.45, 7) is 6.45. The van der Waals surface area contributed by atoms with E-state index in [1.807, 2.05) is 38.1 Å². The Morgan fingerprint density at radius 1 is 1.06 bits per heavy atom. The summed E-state index contributed by atoms with van der Waals surface area (Å²) in [5.74, 6) is 0.0151. The van der Waals surface area contributed by atoms with Crippen LogP contribution in [-0.2, 0) is 17.4 Å². The van der Waals surface area contributed by atoms with Crippen molar-refractivity contribution in [3.05, 3.63) is 75.7 Å². The third-order valence-corrected chi connectivity index (χ3v) is 6.84. The molecule has 0 radical (unpaired) electrons. The first-order valence-corrected chi connectivity index (χ1v) is 11.1. The van der Waals surface area contributed by atoms with E-state index in [4.69, 9.17) is 9.84 Å². The quantitative estimate of drug-likeness (QED) is 0.383. The van der Waals surface area contributed by atoms with Crippen molar-refractivity contribution in [2.24, 2.45) is 0 Å². The molecule has 1 unspecified atom stereocenters. The highest BCUT2D eigenvalue weighted by Crippen LogP contribution is 2.37. The number of aryl methyl sites for hydroxylation is 3. The molecule has 1 atom stereocenters. The minimum atomic E-state index is -4.34. The largest absolute Gasteiger partial charge is 0.493 e. The highest BCUT2D eigenvalue weighted by Gasteiger charge is 2.30. The van der Waals surface area contributed by atoms with Crippen molar-refractivity contribution in [3.63, 3.8) is 0 Å². The molecule has 0 amide bonds. The average Bonchev–Trinajstić information content (AvgIpc) is 3.12. The Bertz CT molecular complexity index is 1080. The normalized spacial score (nSPS) is 12.6. The molecule has 0 aliphatic heterocycles. The third kappa shape index (κ3) is 5.91. The first kappa shape index (κ1) is 23.9. The van der Waals surface area contributed by atoms with Crippen LogP contribution in [0, 0.1) is 13.8 Å². The number of aliphatic carboxylic acids is 1. The minimum Gasteiger partial charge on any atom is -0.493 e. The molecule has 0 fully saturated rings. The Morgan fingerprint density at radius 3 is 2.34 bits per heavy atom. The number of benzene rings is 2. The predicted molar refractivity (Wildman–Crippen MR) is 121 cm³/mol. The molecular formula is C25H25F3O3S. The summed E-state index contributed by atoms with van der Waals surface area (Å²) in [5.41, 5.74) is 3.18. The van der Waals surface area contributed by atoms with Crippen molar-refractivity contribution in [2.45, 2.75) is 45.7 Å². The number of thiophene rings is 1. The van der Waals surface area contributed by atoms with E-state index in [9.17, 15) is 18.0 Å². The topological polar surface area (TPSA) is 46.5 Å². The molecule has 0 spiro atoms. The van der Waals surface area contributed by atoms with E-state index >= 15 is 0 Å². The van der Waals surface area contributed by atoms with E-state index in [0.29, 0.717) is 13.0 Å². The van der Waals surface area contributed by atoms with Crippen molar-refractivity contribution < 1.29 is 27.8 Å². The lowest BCUT2D eigenvalue weighted by atomic mass is 10.0. The highest BCUT2D eigenvalue weighted by atomic mass is 32.1. The van der Waals surface area contributed by atoms with Gasteiger partial charge in [0.15, 0.2) is 0 Å². The van der Waals surface area contributed by atoms with Gasteiger partial charge >= 0.3 is 12.1 Å². The molecule has 3 nitrogen and oxygen atoms in total. The first-order valence-electron chi connectivity index (χ1n) is 10.3. The fourth-order valence-electron chi connectivity index (χ4n) is 3.53. The minimum absolute atomic E-state index is 0.0942. The lowest BCUT2D eigenvalue weighted by Gasteiger charge is -2.14. The van der Waals surface area contributed by atoms with Crippen LogP contribution in [0.5, 0.6) is 5.75 Å². The molecular weight excluding hydrogens is 437 g/mol.